The number of aryl methyl sites for hydroxylation is 1. The van der Waals surface area contributed by atoms with Crippen molar-refractivity contribution >= 4 is 33.2 Å². The Kier molecular flexibility index (Phi) is 3.60. The first-order valence-electron chi connectivity index (χ1n) is 5.01. The van der Waals surface area contributed by atoms with E-state index < -0.39 is 0 Å². The number of ether oxygens (including phenoxy) is 1. The molecule has 0 saturated carbocycles. The zero-order chi connectivity index (χ0) is 13.3. The van der Waals surface area contributed by atoms with Crippen molar-refractivity contribution in [3.8, 4) is 17.0 Å². The Hall–Kier alpha value is -1.51. The van der Waals surface area contributed by atoms with Crippen LogP contribution in [0.1, 0.15) is 0 Å². The number of methoxy groups -OCH3 is 1. The van der Waals surface area contributed by atoms with Crippen LogP contribution >= 0.6 is 27.5 Å². The molecule has 0 N–H and O–H groups in total. The molecule has 2 aromatic rings. The van der Waals surface area contributed by atoms with Gasteiger partial charge in [-0.3, -0.25) is 4.68 Å². The molecule has 0 unspecified atom stereocenters. The largest absolute Gasteiger partial charge is 0.495 e. The minimum absolute atomic E-state index is 0.422. The van der Waals surface area contributed by atoms with E-state index in [0.29, 0.717) is 16.5 Å². The fraction of sp³-hybridized carbons (Fsp3) is 0.167. The molecule has 1 heterocycles. The van der Waals surface area contributed by atoms with E-state index in [1.807, 2.05) is 7.05 Å². The molecule has 92 valence electrons. The van der Waals surface area contributed by atoms with E-state index in [9.17, 15) is 0 Å². The van der Waals surface area contributed by atoms with Gasteiger partial charge in [-0.1, -0.05) is 11.6 Å². The van der Waals surface area contributed by atoms with Crippen LogP contribution in [-0.4, -0.2) is 16.9 Å². The molecule has 0 saturated heterocycles. The Morgan fingerprint density at radius 2 is 2.22 bits per heavy atom. The van der Waals surface area contributed by atoms with Crippen molar-refractivity contribution in [3.63, 3.8) is 0 Å². The molecule has 0 atom stereocenters. The molecule has 0 amide bonds. The summed E-state index contributed by atoms with van der Waals surface area (Å²) in [5.74, 6) is 0.534. The van der Waals surface area contributed by atoms with Crippen molar-refractivity contribution in [1.82, 2.24) is 9.78 Å². The summed E-state index contributed by atoms with van der Waals surface area (Å²) in [4.78, 5) is 3.49. The Bertz CT molecular complexity index is 626. The van der Waals surface area contributed by atoms with Crippen LogP contribution in [0.4, 0.5) is 5.69 Å². The van der Waals surface area contributed by atoms with Gasteiger partial charge in [0.25, 0.3) is 0 Å². The number of nitrogens with zero attached hydrogens (tertiary/aromatic N) is 3. The average Bonchev–Trinajstić information content (AvgIpc) is 2.69. The van der Waals surface area contributed by atoms with Crippen LogP contribution in [0.25, 0.3) is 16.1 Å². The molecule has 0 fully saturated rings. The van der Waals surface area contributed by atoms with Crippen LogP contribution < -0.4 is 4.74 Å². The standard InChI is InChI=1S/C12H9BrClN3O/c1-15-10-5-9(14)11(18-3)4-7(10)12-8(13)6-16-17(12)2/h4-6H,2-3H3. The van der Waals surface area contributed by atoms with Crippen LogP contribution in [0.2, 0.25) is 5.02 Å². The summed E-state index contributed by atoms with van der Waals surface area (Å²) in [6.07, 6.45) is 1.68. The monoisotopic (exact) mass is 325 g/mol. The zero-order valence-corrected chi connectivity index (χ0v) is 12.1. The van der Waals surface area contributed by atoms with Crippen LogP contribution in [0.15, 0.2) is 22.8 Å². The molecule has 2 rings (SSSR count). The second-order valence-corrected chi connectivity index (χ2v) is 4.84. The highest BCUT2D eigenvalue weighted by atomic mass is 79.9. The van der Waals surface area contributed by atoms with Crippen molar-refractivity contribution in [2.75, 3.05) is 7.11 Å². The van der Waals surface area contributed by atoms with Gasteiger partial charge < -0.3 is 4.74 Å². The zero-order valence-electron chi connectivity index (χ0n) is 9.74. The highest BCUT2D eigenvalue weighted by Gasteiger charge is 2.16. The molecule has 0 aliphatic heterocycles. The van der Waals surface area contributed by atoms with Gasteiger partial charge in [0.15, 0.2) is 5.69 Å². The normalized spacial score (nSPS) is 10.2. The highest BCUT2D eigenvalue weighted by molar-refractivity contribution is 9.10. The Morgan fingerprint density at radius 1 is 1.50 bits per heavy atom. The lowest BCUT2D eigenvalue weighted by atomic mass is 10.1. The summed E-state index contributed by atoms with van der Waals surface area (Å²) in [7, 11) is 3.36. The van der Waals surface area contributed by atoms with E-state index in [1.54, 1.807) is 30.1 Å². The van der Waals surface area contributed by atoms with Crippen molar-refractivity contribution in [1.29, 1.82) is 0 Å². The summed E-state index contributed by atoms with van der Waals surface area (Å²) < 4.78 is 7.70. The van der Waals surface area contributed by atoms with Gasteiger partial charge >= 0.3 is 0 Å². The molecule has 6 heteroatoms. The SMILES string of the molecule is [C-]#[N+]c1cc(Cl)c(OC)cc1-c1c(Br)cnn1C. The first-order chi connectivity index (χ1) is 8.58. The van der Waals surface area contributed by atoms with Crippen LogP contribution in [-0.2, 0) is 7.05 Å². The lowest BCUT2D eigenvalue weighted by Crippen LogP contribution is -1.95. The average molecular weight is 327 g/mol. The van der Waals surface area contributed by atoms with E-state index in [0.717, 1.165) is 15.7 Å². The van der Waals surface area contributed by atoms with Gasteiger partial charge in [-0.15, -0.1) is 0 Å². The predicted molar refractivity (Wildman–Crippen MR) is 74.2 cm³/mol. The molecule has 0 radical (unpaired) electrons. The van der Waals surface area contributed by atoms with Gasteiger partial charge in [0.1, 0.15) is 5.75 Å². The number of hydrogen-bond donors (Lipinski definition) is 0. The van der Waals surface area contributed by atoms with Crippen LogP contribution in [0.3, 0.4) is 0 Å². The molecule has 0 aliphatic rings. The van der Waals surface area contributed by atoms with Gasteiger partial charge in [0.05, 0.1) is 35.1 Å². The smallest absolute Gasteiger partial charge is 0.198 e. The highest BCUT2D eigenvalue weighted by Crippen LogP contribution is 2.40. The molecular weight excluding hydrogens is 318 g/mol. The second-order valence-electron chi connectivity index (χ2n) is 3.58. The lowest BCUT2D eigenvalue weighted by molar-refractivity contribution is 0.415. The first-order valence-corrected chi connectivity index (χ1v) is 6.18. The molecule has 4 nitrogen and oxygen atoms in total. The Labute approximate surface area is 118 Å². The summed E-state index contributed by atoms with van der Waals surface area (Å²) in [6, 6.07) is 3.35. The molecule has 18 heavy (non-hydrogen) atoms. The molecule has 0 bridgehead atoms. The maximum atomic E-state index is 7.23. The minimum Gasteiger partial charge on any atom is -0.495 e. The first kappa shape index (κ1) is 12.9. The van der Waals surface area contributed by atoms with E-state index in [2.05, 4.69) is 25.9 Å². The predicted octanol–water partition coefficient (Wildman–Crippen LogP) is 4.06. The van der Waals surface area contributed by atoms with Crippen LogP contribution in [0.5, 0.6) is 5.75 Å². The number of rotatable bonds is 2. The quantitative estimate of drug-likeness (QED) is 0.779. The Morgan fingerprint density at radius 3 is 2.72 bits per heavy atom. The fourth-order valence-electron chi connectivity index (χ4n) is 1.70. The number of benzene rings is 1. The van der Waals surface area contributed by atoms with Gasteiger partial charge in [-0.2, -0.15) is 5.10 Å². The van der Waals surface area contributed by atoms with Crippen molar-refractivity contribution in [2.45, 2.75) is 0 Å². The second kappa shape index (κ2) is 5.01. The third-order valence-corrected chi connectivity index (χ3v) is 3.42. The Balaban J connectivity index is 2.75. The van der Waals surface area contributed by atoms with Gasteiger partial charge in [0, 0.05) is 12.6 Å². The number of hydrogen-bond acceptors (Lipinski definition) is 2. The van der Waals surface area contributed by atoms with E-state index >= 15 is 0 Å². The number of halogens is 2. The van der Waals surface area contributed by atoms with Gasteiger partial charge in [-0.05, 0) is 28.1 Å². The molecule has 0 spiro atoms. The van der Waals surface area contributed by atoms with Crippen molar-refractivity contribution < 1.29 is 4.74 Å². The third kappa shape index (κ3) is 2.09. The summed E-state index contributed by atoms with van der Waals surface area (Å²) in [5, 5.41) is 4.56. The lowest BCUT2D eigenvalue weighted by Gasteiger charge is -2.10. The maximum absolute atomic E-state index is 7.23. The number of aromatic nitrogens is 2. The fourth-order valence-corrected chi connectivity index (χ4v) is 2.49. The molecule has 0 aliphatic carbocycles. The van der Waals surface area contributed by atoms with Crippen molar-refractivity contribution in [3.05, 3.63) is 39.2 Å². The summed E-state index contributed by atoms with van der Waals surface area (Å²) in [6.45, 7) is 7.23. The maximum Gasteiger partial charge on any atom is 0.198 e. The van der Waals surface area contributed by atoms with Gasteiger partial charge in [0.2, 0.25) is 0 Å². The molecular formula is C12H9BrClN3O. The molecule has 1 aromatic heterocycles. The third-order valence-electron chi connectivity index (χ3n) is 2.54. The summed E-state index contributed by atoms with van der Waals surface area (Å²) in [5.41, 5.74) is 2.01. The van der Waals surface area contributed by atoms with E-state index in [4.69, 9.17) is 22.9 Å². The van der Waals surface area contributed by atoms with Crippen LogP contribution in [0, 0.1) is 6.57 Å². The summed E-state index contributed by atoms with van der Waals surface area (Å²) >= 11 is 9.44. The van der Waals surface area contributed by atoms with E-state index in [-0.39, 0.29) is 0 Å². The van der Waals surface area contributed by atoms with E-state index in [1.165, 1.54) is 0 Å². The minimum atomic E-state index is 0.422. The molecule has 1 aromatic carbocycles. The van der Waals surface area contributed by atoms with Crippen molar-refractivity contribution in [2.24, 2.45) is 7.05 Å². The topological polar surface area (TPSA) is 31.4 Å². The van der Waals surface area contributed by atoms with Gasteiger partial charge in [-0.25, -0.2) is 4.85 Å².